The molecule has 4 heterocycles. The molecule has 2 atom stereocenters. The number of aliphatic imine (C=N–C) groups is 1. The highest BCUT2D eigenvalue weighted by Crippen LogP contribution is 2.40. The Balaban J connectivity index is 1.36. The van der Waals surface area contributed by atoms with Gasteiger partial charge in [0.25, 0.3) is 0 Å². The first kappa shape index (κ1) is 17.1. The van der Waals surface area contributed by atoms with Gasteiger partial charge in [0.1, 0.15) is 24.3 Å². The Hall–Kier alpha value is -3.03. The predicted octanol–water partition coefficient (Wildman–Crippen LogP) is 3.14. The number of benzene rings is 1. The lowest BCUT2D eigenvalue weighted by atomic mass is 9.98. The number of ether oxygens (including phenoxy) is 1. The molecule has 1 saturated heterocycles. The van der Waals surface area contributed by atoms with Crippen molar-refractivity contribution in [1.29, 1.82) is 0 Å². The van der Waals surface area contributed by atoms with Crippen molar-refractivity contribution in [2.45, 2.75) is 45.0 Å². The van der Waals surface area contributed by atoms with Gasteiger partial charge >= 0.3 is 6.09 Å². The molecule has 0 N–H and O–H groups in total. The van der Waals surface area contributed by atoms with Crippen LogP contribution >= 0.6 is 0 Å². The van der Waals surface area contributed by atoms with E-state index in [0.717, 1.165) is 35.5 Å². The molecule has 8 heteroatoms. The van der Waals surface area contributed by atoms with Crippen molar-refractivity contribution in [2.24, 2.45) is 4.99 Å². The molecule has 28 heavy (non-hydrogen) atoms. The second-order valence-electron chi connectivity index (χ2n) is 7.27. The van der Waals surface area contributed by atoms with Gasteiger partial charge in [0.05, 0.1) is 24.5 Å². The average molecular weight is 381 g/mol. The number of carbonyl (C=O) groups excluding carboxylic acids is 1. The van der Waals surface area contributed by atoms with Crippen LogP contribution in [-0.2, 0) is 17.8 Å². The maximum Gasteiger partial charge on any atom is 0.415 e. The lowest BCUT2D eigenvalue weighted by Crippen LogP contribution is -2.32. The van der Waals surface area contributed by atoms with Crippen molar-refractivity contribution in [3.05, 3.63) is 47.3 Å². The summed E-state index contributed by atoms with van der Waals surface area (Å²) in [4.78, 5) is 18.6. The molecule has 3 aliphatic rings. The minimum atomic E-state index is -0.631. The molecule has 3 aliphatic heterocycles. The molecular formula is C20H20FN5O2. The van der Waals surface area contributed by atoms with Crippen LogP contribution in [0.2, 0.25) is 0 Å². The zero-order valence-electron chi connectivity index (χ0n) is 15.5. The number of amides is 1. The van der Waals surface area contributed by atoms with E-state index >= 15 is 0 Å². The molecule has 1 aromatic heterocycles. The van der Waals surface area contributed by atoms with E-state index in [1.165, 1.54) is 10.2 Å². The Bertz CT molecular complexity index is 1010. The highest BCUT2D eigenvalue weighted by atomic mass is 19.1. The van der Waals surface area contributed by atoms with Crippen LogP contribution in [0.25, 0.3) is 5.57 Å². The Labute approximate surface area is 161 Å². The first-order valence-electron chi connectivity index (χ1n) is 9.51. The number of anilines is 1. The van der Waals surface area contributed by atoms with Crippen molar-refractivity contribution >= 4 is 23.2 Å². The minimum absolute atomic E-state index is 0.0405. The van der Waals surface area contributed by atoms with Crippen LogP contribution in [0.4, 0.5) is 14.9 Å². The van der Waals surface area contributed by atoms with Gasteiger partial charge in [-0.3, -0.25) is 9.89 Å². The zero-order chi connectivity index (χ0) is 19.3. The van der Waals surface area contributed by atoms with E-state index in [2.05, 4.69) is 27.4 Å². The molecule has 0 spiro atoms. The summed E-state index contributed by atoms with van der Waals surface area (Å²) in [5, 5.41) is 7.70. The molecule has 2 unspecified atom stereocenters. The molecule has 0 radical (unpaired) electrons. The van der Waals surface area contributed by atoms with E-state index in [1.807, 2.05) is 19.1 Å². The fraction of sp³-hybridized carbons (Fsp3) is 0.400. The molecule has 0 saturated carbocycles. The summed E-state index contributed by atoms with van der Waals surface area (Å²) >= 11 is 0. The van der Waals surface area contributed by atoms with Gasteiger partial charge in [-0.25, -0.2) is 13.9 Å². The molecule has 1 aromatic carbocycles. The number of halogens is 1. The van der Waals surface area contributed by atoms with Crippen LogP contribution in [-0.4, -0.2) is 45.6 Å². The predicted molar refractivity (Wildman–Crippen MR) is 102 cm³/mol. The Morgan fingerprint density at radius 1 is 1.36 bits per heavy atom. The number of alkyl halides is 1. The van der Waals surface area contributed by atoms with Crippen LogP contribution < -0.4 is 4.90 Å². The molecule has 2 aromatic rings. The molecule has 0 bridgehead atoms. The van der Waals surface area contributed by atoms with Gasteiger partial charge in [0.15, 0.2) is 0 Å². The molecule has 144 valence electrons. The maximum atomic E-state index is 12.7. The Kier molecular flexibility index (Phi) is 3.99. The fourth-order valence-corrected chi connectivity index (χ4v) is 4.21. The Morgan fingerprint density at radius 3 is 2.96 bits per heavy atom. The lowest BCUT2D eigenvalue weighted by Gasteiger charge is -2.16. The first-order valence-corrected chi connectivity index (χ1v) is 9.51. The van der Waals surface area contributed by atoms with E-state index in [9.17, 15) is 9.18 Å². The fourth-order valence-electron chi connectivity index (χ4n) is 4.21. The number of aromatic nitrogens is 3. The van der Waals surface area contributed by atoms with Gasteiger partial charge in [-0.1, -0.05) is 24.3 Å². The number of dihydropyridines is 1. The third-order valence-electron chi connectivity index (χ3n) is 5.66. The van der Waals surface area contributed by atoms with Crippen molar-refractivity contribution in [3.8, 4) is 0 Å². The normalized spacial score (nSPS) is 23.2. The van der Waals surface area contributed by atoms with Crippen LogP contribution in [0.15, 0.2) is 35.5 Å². The number of hydrogen-bond acceptors (Lipinski definition) is 5. The number of rotatable bonds is 3. The van der Waals surface area contributed by atoms with Crippen molar-refractivity contribution in [3.63, 3.8) is 0 Å². The topological polar surface area (TPSA) is 72.6 Å². The van der Waals surface area contributed by atoms with Gasteiger partial charge in [0, 0.05) is 6.42 Å². The lowest BCUT2D eigenvalue weighted by molar-refractivity contribution is 0.129. The van der Waals surface area contributed by atoms with E-state index in [4.69, 9.17) is 4.74 Å². The highest BCUT2D eigenvalue weighted by Gasteiger charge is 2.46. The van der Waals surface area contributed by atoms with Gasteiger partial charge in [-0.05, 0) is 41.7 Å². The number of hydrogen-bond donors (Lipinski definition) is 0. The van der Waals surface area contributed by atoms with Crippen LogP contribution in [0.1, 0.15) is 36.6 Å². The molecule has 5 rings (SSSR count). The number of nitrogens with zero attached hydrogens (tertiary/aromatic N) is 5. The second kappa shape index (κ2) is 6.54. The first-order chi connectivity index (χ1) is 13.7. The third-order valence-corrected chi connectivity index (χ3v) is 5.66. The number of allylic oxidation sites excluding steroid dienone is 1. The largest absolute Gasteiger partial charge is 0.444 e. The van der Waals surface area contributed by atoms with Crippen LogP contribution in [0, 0.1) is 0 Å². The van der Waals surface area contributed by atoms with Gasteiger partial charge in [-0.2, -0.15) is 0 Å². The van der Waals surface area contributed by atoms with Gasteiger partial charge < -0.3 is 4.74 Å². The molecule has 7 nitrogen and oxygen atoms in total. The van der Waals surface area contributed by atoms with E-state index in [1.54, 1.807) is 11.1 Å². The maximum absolute atomic E-state index is 12.7. The van der Waals surface area contributed by atoms with E-state index in [0.29, 0.717) is 18.7 Å². The summed E-state index contributed by atoms with van der Waals surface area (Å²) in [5.74, 6) is 0.756. The summed E-state index contributed by atoms with van der Waals surface area (Å²) in [5.41, 5.74) is 4.69. The summed E-state index contributed by atoms with van der Waals surface area (Å²) in [6.45, 7) is 1.95. The standard InChI is InChI=1S/C20H20FN5O2/c1-2-18-17-8-14-7-12(3-5-16(14)26(17)20(27)28-18)13-4-6-19(22-10-13)25-11-15(9-21)23-24-25/h3-5,7,11,17-18H,2,6,8-10H2,1H3. The summed E-state index contributed by atoms with van der Waals surface area (Å²) in [6.07, 6.45) is 5.67. The van der Waals surface area contributed by atoms with Crippen LogP contribution in [0.5, 0.6) is 0 Å². The number of cyclic esters (lactones) is 1. The van der Waals surface area contributed by atoms with Gasteiger partial charge in [-0.15, -0.1) is 5.10 Å². The van der Waals surface area contributed by atoms with E-state index in [-0.39, 0.29) is 18.2 Å². The van der Waals surface area contributed by atoms with Crippen LogP contribution in [0.3, 0.4) is 0 Å². The monoisotopic (exact) mass is 381 g/mol. The zero-order valence-corrected chi connectivity index (χ0v) is 15.5. The van der Waals surface area contributed by atoms with Gasteiger partial charge in [0.2, 0.25) is 0 Å². The number of carbonyl (C=O) groups is 1. The summed E-state index contributed by atoms with van der Waals surface area (Å²) < 4.78 is 19.7. The highest BCUT2D eigenvalue weighted by molar-refractivity contribution is 5.94. The molecule has 1 fully saturated rings. The molecular weight excluding hydrogens is 361 g/mol. The second-order valence-corrected chi connectivity index (χ2v) is 7.27. The average Bonchev–Trinajstić information content (AvgIpc) is 3.42. The smallest absolute Gasteiger partial charge is 0.415 e. The number of fused-ring (bicyclic) bond motifs is 3. The quantitative estimate of drug-likeness (QED) is 0.819. The third kappa shape index (κ3) is 2.63. The minimum Gasteiger partial charge on any atom is -0.444 e. The SMILES string of the molecule is CCC1OC(=O)N2c3ccc(C4=CCC(n5cc(CF)nn5)=NC4)cc3CC12. The van der Waals surface area contributed by atoms with Crippen molar-refractivity contribution < 1.29 is 13.9 Å². The molecule has 1 amide bonds. The summed E-state index contributed by atoms with van der Waals surface area (Å²) in [7, 11) is 0. The van der Waals surface area contributed by atoms with Crippen molar-refractivity contribution in [1.82, 2.24) is 15.0 Å². The summed E-state index contributed by atoms with van der Waals surface area (Å²) in [6, 6.07) is 6.31. The Morgan fingerprint density at radius 2 is 2.25 bits per heavy atom. The molecule has 0 aliphatic carbocycles. The van der Waals surface area contributed by atoms with E-state index < -0.39 is 6.67 Å². The van der Waals surface area contributed by atoms with Crippen molar-refractivity contribution in [2.75, 3.05) is 11.4 Å².